The minimum atomic E-state index is -0.486. The average molecular weight is 463 g/mol. The second-order valence-electron chi connectivity index (χ2n) is 9.29. The minimum Gasteiger partial charge on any atom is -0.490 e. The number of rotatable bonds is 6. The van der Waals surface area contributed by atoms with Crippen molar-refractivity contribution in [3.05, 3.63) is 35.9 Å². The predicted molar refractivity (Wildman–Crippen MR) is 131 cm³/mol. The van der Waals surface area contributed by atoms with Crippen molar-refractivity contribution in [3.8, 4) is 16.9 Å². The molecule has 3 aromatic rings. The number of carbonyl (C=O) groups excluding carboxylic acids is 2. The number of hydrogen-bond donors (Lipinski definition) is 4. The van der Waals surface area contributed by atoms with E-state index in [4.69, 9.17) is 21.9 Å². The first kappa shape index (κ1) is 22.1. The Balaban J connectivity index is 1.53. The van der Waals surface area contributed by atoms with Gasteiger partial charge in [-0.1, -0.05) is 6.07 Å². The first-order valence-corrected chi connectivity index (χ1v) is 11.8. The third-order valence-electron chi connectivity index (χ3n) is 7.09. The summed E-state index contributed by atoms with van der Waals surface area (Å²) in [6, 6.07) is 9.61. The van der Waals surface area contributed by atoms with Crippen LogP contribution in [-0.2, 0) is 4.79 Å². The third-order valence-corrected chi connectivity index (χ3v) is 7.09. The van der Waals surface area contributed by atoms with Crippen LogP contribution >= 0.6 is 0 Å². The summed E-state index contributed by atoms with van der Waals surface area (Å²) in [5.74, 6) is 0.233. The van der Waals surface area contributed by atoms with Gasteiger partial charge < -0.3 is 26.8 Å². The van der Waals surface area contributed by atoms with Crippen molar-refractivity contribution in [2.45, 2.75) is 44.6 Å². The molecule has 9 heteroatoms. The monoisotopic (exact) mass is 462 g/mol. The quantitative estimate of drug-likeness (QED) is 0.442. The summed E-state index contributed by atoms with van der Waals surface area (Å²) in [6.07, 6.45) is 5.86. The number of aromatic nitrogens is 2. The lowest BCUT2D eigenvalue weighted by Crippen LogP contribution is -2.39. The number of nitrogen functional groups attached to an aromatic ring is 1. The number of fused-ring (bicyclic) bond motifs is 1. The number of hydrogen-bond acceptors (Lipinski definition) is 6. The Kier molecular flexibility index (Phi) is 5.77. The molecule has 2 aromatic carbocycles. The molecule has 2 fully saturated rings. The van der Waals surface area contributed by atoms with Crippen molar-refractivity contribution in [3.63, 3.8) is 0 Å². The van der Waals surface area contributed by atoms with Crippen LogP contribution in [0.4, 0.5) is 11.5 Å². The molecule has 178 valence electrons. The molecule has 34 heavy (non-hydrogen) atoms. The maximum absolute atomic E-state index is 12.2. The molecule has 0 unspecified atom stereocenters. The van der Waals surface area contributed by atoms with E-state index in [0.717, 1.165) is 40.6 Å². The van der Waals surface area contributed by atoms with E-state index in [2.05, 4.69) is 15.1 Å². The molecule has 1 saturated carbocycles. The third kappa shape index (κ3) is 4.13. The molecule has 1 aromatic heterocycles. The molecule has 9 nitrogen and oxygen atoms in total. The van der Waals surface area contributed by atoms with E-state index in [0.29, 0.717) is 43.1 Å². The molecular formula is C25H30N6O3. The summed E-state index contributed by atoms with van der Waals surface area (Å²) in [4.78, 5) is 25.9. The maximum Gasteiger partial charge on any atom is 0.250 e. The largest absolute Gasteiger partial charge is 0.490 e. The first-order chi connectivity index (χ1) is 16.4. The fourth-order valence-electron chi connectivity index (χ4n) is 5.18. The van der Waals surface area contributed by atoms with Crippen molar-refractivity contribution in [1.29, 1.82) is 0 Å². The molecule has 2 heterocycles. The topological polar surface area (TPSA) is 153 Å². The van der Waals surface area contributed by atoms with Crippen LogP contribution in [0.2, 0.25) is 0 Å². The van der Waals surface area contributed by atoms with E-state index in [1.54, 1.807) is 6.07 Å². The Morgan fingerprint density at radius 2 is 1.74 bits per heavy atom. The second kappa shape index (κ2) is 8.89. The molecule has 7 N–H and O–H groups in total. The first-order valence-electron chi connectivity index (χ1n) is 11.8. The van der Waals surface area contributed by atoms with Crippen LogP contribution in [0.25, 0.3) is 22.0 Å². The predicted octanol–water partition coefficient (Wildman–Crippen LogP) is 2.93. The number of H-pyrrole nitrogens is 1. The lowest BCUT2D eigenvalue weighted by Gasteiger charge is -2.33. The molecular weight excluding hydrogens is 432 g/mol. The van der Waals surface area contributed by atoms with Gasteiger partial charge in [0.1, 0.15) is 5.75 Å². The van der Waals surface area contributed by atoms with Gasteiger partial charge in [0.15, 0.2) is 5.82 Å². The summed E-state index contributed by atoms with van der Waals surface area (Å²) in [6.45, 7) is 1.26. The van der Waals surface area contributed by atoms with Gasteiger partial charge in [0.25, 0.3) is 5.91 Å². The Labute approximate surface area is 197 Å². The second-order valence-corrected chi connectivity index (χ2v) is 9.29. The number of ether oxygens (including phenoxy) is 1. The highest BCUT2D eigenvalue weighted by Crippen LogP contribution is 2.38. The Morgan fingerprint density at radius 3 is 2.41 bits per heavy atom. The van der Waals surface area contributed by atoms with Crippen LogP contribution in [0.3, 0.4) is 0 Å². The van der Waals surface area contributed by atoms with Gasteiger partial charge in [-0.3, -0.25) is 14.7 Å². The molecule has 1 aliphatic heterocycles. The van der Waals surface area contributed by atoms with Gasteiger partial charge >= 0.3 is 0 Å². The fraction of sp³-hybridized carbons (Fsp3) is 0.400. The summed E-state index contributed by atoms with van der Waals surface area (Å²) in [5, 5.41) is 7.97. The zero-order chi connectivity index (χ0) is 23.8. The number of anilines is 2. The highest BCUT2D eigenvalue weighted by Gasteiger charge is 2.26. The molecule has 2 aliphatic rings. The Bertz CT molecular complexity index is 1240. The zero-order valence-electron chi connectivity index (χ0n) is 19.0. The van der Waals surface area contributed by atoms with E-state index < -0.39 is 5.91 Å². The molecule has 0 spiro atoms. The van der Waals surface area contributed by atoms with Crippen molar-refractivity contribution < 1.29 is 14.3 Å². The highest BCUT2D eigenvalue weighted by molar-refractivity contribution is 6.01. The van der Waals surface area contributed by atoms with Crippen molar-refractivity contribution in [2.24, 2.45) is 17.4 Å². The molecule has 2 amide bonds. The van der Waals surface area contributed by atoms with E-state index in [1.807, 2.05) is 24.3 Å². The number of carbonyl (C=O) groups is 2. The van der Waals surface area contributed by atoms with Gasteiger partial charge in [-0.2, -0.15) is 5.10 Å². The summed E-state index contributed by atoms with van der Waals surface area (Å²) in [5.41, 5.74) is 21.2. The number of aromatic amines is 1. The number of primary amides is 2. The number of nitrogens with two attached hydrogens (primary N) is 3. The van der Waals surface area contributed by atoms with Crippen LogP contribution in [0.5, 0.6) is 5.75 Å². The highest BCUT2D eigenvalue weighted by atomic mass is 16.5. The maximum atomic E-state index is 12.2. The van der Waals surface area contributed by atoms with Crippen LogP contribution < -0.4 is 26.8 Å². The molecule has 0 radical (unpaired) electrons. The lowest BCUT2D eigenvalue weighted by atomic mass is 9.94. The van der Waals surface area contributed by atoms with Gasteiger partial charge in [-0.25, -0.2) is 0 Å². The van der Waals surface area contributed by atoms with Crippen molar-refractivity contribution in [1.82, 2.24) is 10.2 Å². The van der Waals surface area contributed by atoms with Gasteiger partial charge in [-0.05, 0) is 73.9 Å². The van der Waals surface area contributed by atoms with E-state index in [9.17, 15) is 9.59 Å². The molecule has 5 rings (SSSR count). The minimum absolute atomic E-state index is 0.139. The lowest BCUT2D eigenvalue weighted by molar-refractivity contribution is -0.122. The number of benzene rings is 2. The van der Waals surface area contributed by atoms with E-state index in [1.165, 1.54) is 12.8 Å². The Morgan fingerprint density at radius 1 is 1.00 bits per heavy atom. The Hall–Kier alpha value is -3.75. The fourth-order valence-corrected chi connectivity index (χ4v) is 5.18. The van der Waals surface area contributed by atoms with Crippen LogP contribution in [0.1, 0.15) is 48.9 Å². The summed E-state index contributed by atoms with van der Waals surface area (Å²) >= 11 is 0. The van der Waals surface area contributed by atoms with Crippen LogP contribution in [-0.4, -0.2) is 41.2 Å². The summed E-state index contributed by atoms with van der Waals surface area (Å²) < 4.78 is 6.36. The van der Waals surface area contributed by atoms with Crippen molar-refractivity contribution in [2.75, 3.05) is 23.7 Å². The average Bonchev–Trinajstić information content (AvgIpc) is 3.48. The SMILES string of the molecule is NC(=O)c1ccc(-c2cc(OC3CCCC3)c3c(N)n[nH]c3c2)cc1N1CCC(C(N)=O)CC1. The van der Waals surface area contributed by atoms with Gasteiger partial charge in [0.05, 0.1) is 28.3 Å². The van der Waals surface area contributed by atoms with Crippen molar-refractivity contribution >= 4 is 34.2 Å². The zero-order valence-corrected chi connectivity index (χ0v) is 19.0. The molecule has 1 saturated heterocycles. The van der Waals surface area contributed by atoms with Gasteiger partial charge in [0, 0.05) is 19.0 Å². The normalized spacial score (nSPS) is 17.4. The molecule has 0 atom stereocenters. The van der Waals surface area contributed by atoms with E-state index >= 15 is 0 Å². The standard InChI is InChI=1S/C25H30N6O3/c26-23-22-19(29-30-23)11-16(13-21(22)34-17-3-1-2-4-17)15-5-6-18(25(28)33)20(12-15)31-9-7-14(8-10-31)24(27)32/h5-6,11-14,17H,1-4,7-10H2,(H2,27,32)(H2,28,33)(H3,26,29,30). The smallest absolute Gasteiger partial charge is 0.250 e. The summed E-state index contributed by atoms with van der Waals surface area (Å²) in [7, 11) is 0. The van der Waals surface area contributed by atoms with Crippen LogP contribution in [0.15, 0.2) is 30.3 Å². The number of amides is 2. The molecule has 0 bridgehead atoms. The van der Waals surface area contributed by atoms with E-state index in [-0.39, 0.29) is 17.9 Å². The molecule has 1 aliphatic carbocycles. The number of piperidine rings is 1. The van der Waals surface area contributed by atoms with Crippen LogP contribution in [0, 0.1) is 5.92 Å². The number of nitrogens with one attached hydrogen (secondary N) is 1. The van der Waals surface area contributed by atoms with Gasteiger partial charge in [-0.15, -0.1) is 0 Å². The van der Waals surface area contributed by atoms with Gasteiger partial charge in [0.2, 0.25) is 5.91 Å². The number of nitrogens with zero attached hydrogens (tertiary/aromatic N) is 2.